The third-order valence-corrected chi connectivity index (χ3v) is 3.73. The first kappa shape index (κ1) is 17.8. The normalized spacial score (nSPS) is 13.0. The van der Waals surface area contributed by atoms with E-state index in [2.05, 4.69) is 5.32 Å². The minimum absolute atomic E-state index is 0.173. The molecule has 0 aliphatic heterocycles. The highest BCUT2D eigenvalue weighted by Crippen LogP contribution is 2.27. The smallest absolute Gasteiger partial charge is 0.261 e. The molecular weight excluding hydrogens is 309 g/mol. The van der Waals surface area contributed by atoms with Crippen molar-refractivity contribution in [2.24, 2.45) is 0 Å². The van der Waals surface area contributed by atoms with Crippen molar-refractivity contribution in [3.63, 3.8) is 0 Å². The molecule has 0 saturated carbocycles. The van der Waals surface area contributed by atoms with Crippen LogP contribution in [0, 0.1) is 5.82 Å². The van der Waals surface area contributed by atoms with E-state index < -0.39 is 6.10 Å². The van der Waals surface area contributed by atoms with Gasteiger partial charge in [-0.25, -0.2) is 4.39 Å². The summed E-state index contributed by atoms with van der Waals surface area (Å²) in [6.45, 7) is 3.65. The molecule has 4 nitrogen and oxygen atoms in total. The number of benzene rings is 2. The van der Waals surface area contributed by atoms with Gasteiger partial charge in [-0.15, -0.1) is 0 Å². The van der Waals surface area contributed by atoms with Crippen LogP contribution in [0.3, 0.4) is 0 Å². The minimum atomic E-state index is -0.695. The van der Waals surface area contributed by atoms with Crippen molar-refractivity contribution in [3.05, 3.63) is 59.9 Å². The van der Waals surface area contributed by atoms with Crippen LogP contribution < -0.4 is 14.8 Å². The third kappa shape index (κ3) is 4.47. The molecule has 5 heteroatoms. The van der Waals surface area contributed by atoms with Crippen molar-refractivity contribution in [1.82, 2.24) is 5.32 Å². The van der Waals surface area contributed by atoms with E-state index in [0.717, 1.165) is 17.7 Å². The average molecular weight is 331 g/mol. The molecule has 24 heavy (non-hydrogen) atoms. The van der Waals surface area contributed by atoms with Crippen LogP contribution >= 0.6 is 0 Å². The SMILES string of the molecule is CCC(NC(=O)C(C)Oc1ccc(F)cc1)c1ccccc1OC. The van der Waals surface area contributed by atoms with Gasteiger partial charge in [0.2, 0.25) is 0 Å². The first-order chi connectivity index (χ1) is 11.5. The quantitative estimate of drug-likeness (QED) is 0.838. The number of halogens is 1. The van der Waals surface area contributed by atoms with E-state index >= 15 is 0 Å². The first-order valence-electron chi connectivity index (χ1n) is 7.90. The highest BCUT2D eigenvalue weighted by molar-refractivity contribution is 5.81. The van der Waals surface area contributed by atoms with Gasteiger partial charge in [-0.1, -0.05) is 25.1 Å². The molecule has 2 aromatic carbocycles. The zero-order chi connectivity index (χ0) is 17.5. The number of nitrogens with one attached hydrogen (secondary N) is 1. The molecule has 2 aromatic rings. The molecule has 128 valence electrons. The lowest BCUT2D eigenvalue weighted by Crippen LogP contribution is -2.38. The van der Waals surface area contributed by atoms with E-state index in [-0.39, 0.29) is 17.8 Å². The van der Waals surface area contributed by atoms with Crippen molar-refractivity contribution < 1.29 is 18.7 Å². The van der Waals surface area contributed by atoms with Gasteiger partial charge in [-0.3, -0.25) is 4.79 Å². The molecule has 0 saturated heterocycles. The Labute approximate surface area is 141 Å². The molecule has 0 aliphatic rings. The van der Waals surface area contributed by atoms with E-state index in [9.17, 15) is 9.18 Å². The van der Waals surface area contributed by atoms with Gasteiger partial charge in [0.05, 0.1) is 13.2 Å². The summed E-state index contributed by atoms with van der Waals surface area (Å²) in [5, 5.41) is 2.97. The van der Waals surface area contributed by atoms with Crippen LogP contribution in [0.2, 0.25) is 0 Å². The van der Waals surface area contributed by atoms with Crippen LogP contribution in [0.15, 0.2) is 48.5 Å². The highest BCUT2D eigenvalue weighted by Gasteiger charge is 2.21. The van der Waals surface area contributed by atoms with Crippen LogP contribution in [0.4, 0.5) is 4.39 Å². The van der Waals surface area contributed by atoms with Gasteiger partial charge >= 0.3 is 0 Å². The van der Waals surface area contributed by atoms with Gasteiger partial charge in [-0.05, 0) is 43.7 Å². The zero-order valence-electron chi connectivity index (χ0n) is 14.1. The maximum Gasteiger partial charge on any atom is 0.261 e. The second kappa shape index (κ2) is 8.34. The Kier molecular flexibility index (Phi) is 6.18. The molecule has 0 bridgehead atoms. The van der Waals surface area contributed by atoms with E-state index in [1.807, 2.05) is 31.2 Å². The first-order valence-corrected chi connectivity index (χ1v) is 7.90. The molecule has 1 N–H and O–H groups in total. The van der Waals surface area contributed by atoms with Crippen LogP contribution in [-0.2, 0) is 4.79 Å². The van der Waals surface area contributed by atoms with Gasteiger partial charge in [0.25, 0.3) is 5.91 Å². The highest BCUT2D eigenvalue weighted by atomic mass is 19.1. The molecule has 0 radical (unpaired) electrons. The fourth-order valence-electron chi connectivity index (χ4n) is 2.41. The molecule has 0 spiro atoms. The summed E-state index contributed by atoms with van der Waals surface area (Å²) >= 11 is 0. The summed E-state index contributed by atoms with van der Waals surface area (Å²) in [5.74, 6) is 0.597. The largest absolute Gasteiger partial charge is 0.496 e. The van der Waals surface area contributed by atoms with Crippen molar-refractivity contribution in [2.45, 2.75) is 32.4 Å². The standard InChI is InChI=1S/C19H22FNO3/c1-4-17(16-7-5-6-8-18(16)23-3)21-19(22)13(2)24-15-11-9-14(20)10-12-15/h5-13,17H,4H2,1-3H3,(H,21,22). The van der Waals surface area contributed by atoms with Crippen molar-refractivity contribution in [3.8, 4) is 11.5 Å². The van der Waals surface area contributed by atoms with Crippen LogP contribution in [0.25, 0.3) is 0 Å². The predicted molar refractivity (Wildman–Crippen MR) is 90.7 cm³/mol. The Morgan fingerprint density at radius 1 is 1.17 bits per heavy atom. The fourth-order valence-corrected chi connectivity index (χ4v) is 2.41. The number of methoxy groups -OCH3 is 1. The zero-order valence-corrected chi connectivity index (χ0v) is 14.1. The second-order valence-corrected chi connectivity index (χ2v) is 5.43. The fraction of sp³-hybridized carbons (Fsp3) is 0.316. The summed E-state index contributed by atoms with van der Waals surface area (Å²) in [7, 11) is 1.60. The van der Waals surface area contributed by atoms with Crippen molar-refractivity contribution in [1.29, 1.82) is 0 Å². The number of ether oxygens (including phenoxy) is 2. The van der Waals surface area contributed by atoms with Crippen LogP contribution in [0.5, 0.6) is 11.5 Å². The van der Waals surface area contributed by atoms with Crippen LogP contribution in [-0.4, -0.2) is 19.1 Å². The van der Waals surface area contributed by atoms with Crippen molar-refractivity contribution in [2.75, 3.05) is 7.11 Å². The Bertz CT molecular complexity index is 673. The van der Waals surface area contributed by atoms with E-state index in [1.54, 1.807) is 14.0 Å². The van der Waals surface area contributed by atoms with Gasteiger partial charge in [-0.2, -0.15) is 0 Å². The third-order valence-electron chi connectivity index (χ3n) is 3.73. The van der Waals surface area contributed by atoms with E-state index in [0.29, 0.717) is 5.75 Å². The number of hydrogen-bond acceptors (Lipinski definition) is 3. The lowest BCUT2D eigenvalue weighted by Gasteiger charge is -2.22. The molecule has 0 aromatic heterocycles. The molecule has 0 fully saturated rings. The topological polar surface area (TPSA) is 47.6 Å². The molecule has 2 unspecified atom stereocenters. The number of para-hydroxylation sites is 1. The Morgan fingerprint density at radius 3 is 2.46 bits per heavy atom. The van der Waals surface area contributed by atoms with E-state index in [1.165, 1.54) is 24.3 Å². The molecule has 1 amide bonds. The predicted octanol–water partition coefficient (Wildman–Crippen LogP) is 3.87. The van der Waals surface area contributed by atoms with Gasteiger partial charge < -0.3 is 14.8 Å². The maximum atomic E-state index is 12.9. The molecular formula is C19H22FNO3. The lowest BCUT2D eigenvalue weighted by atomic mass is 10.0. The number of carbonyl (C=O) groups is 1. The number of amides is 1. The Morgan fingerprint density at radius 2 is 1.83 bits per heavy atom. The molecule has 2 rings (SSSR count). The minimum Gasteiger partial charge on any atom is -0.496 e. The van der Waals surface area contributed by atoms with Gasteiger partial charge in [0.15, 0.2) is 6.10 Å². The molecule has 0 heterocycles. The second-order valence-electron chi connectivity index (χ2n) is 5.43. The van der Waals surface area contributed by atoms with E-state index in [4.69, 9.17) is 9.47 Å². The summed E-state index contributed by atoms with van der Waals surface area (Å²) < 4.78 is 23.8. The monoisotopic (exact) mass is 331 g/mol. The van der Waals surface area contributed by atoms with Gasteiger partial charge in [0, 0.05) is 5.56 Å². The van der Waals surface area contributed by atoms with Crippen LogP contribution in [0.1, 0.15) is 31.9 Å². The maximum absolute atomic E-state index is 12.9. The average Bonchev–Trinajstić information content (AvgIpc) is 2.61. The Balaban J connectivity index is 2.04. The summed E-state index contributed by atoms with van der Waals surface area (Å²) in [6.07, 6.45) is 0.0225. The lowest BCUT2D eigenvalue weighted by molar-refractivity contribution is -0.128. The summed E-state index contributed by atoms with van der Waals surface area (Å²) in [4.78, 5) is 12.4. The number of carbonyl (C=O) groups excluding carboxylic acids is 1. The molecule has 2 atom stereocenters. The van der Waals surface area contributed by atoms with Crippen molar-refractivity contribution >= 4 is 5.91 Å². The summed E-state index contributed by atoms with van der Waals surface area (Å²) in [5.41, 5.74) is 0.921. The Hall–Kier alpha value is -2.56. The van der Waals surface area contributed by atoms with Gasteiger partial charge in [0.1, 0.15) is 17.3 Å². The number of hydrogen-bond donors (Lipinski definition) is 1. The molecule has 0 aliphatic carbocycles. The summed E-state index contributed by atoms with van der Waals surface area (Å²) in [6, 6.07) is 13.0. The number of rotatable bonds is 7.